The summed E-state index contributed by atoms with van der Waals surface area (Å²) in [6.07, 6.45) is 4.10. The molecule has 6 nitrogen and oxygen atoms in total. The van der Waals surface area contributed by atoms with E-state index in [0.717, 1.165) is 31.2 Å². The zero-order valence-corrected chi connectivity index (χ0v) is 12.5. The molecule has 0 radical (unpaired) electrons. The van der Waals surface area contributed by atoms with Crippen LogP contribution < -0.4 is 10.0 Å². The summed E-state index contributed by atoms with van der Waals surface area (Å²) in [5.74, 6) is 0.257. The van der Waals surface area contributed by atoms with E-state index in [9.17, 15) is 13.2 Å². The van der Waals surface area contributed by atoms with E-state index >= 15 is 0 Å². The van der Waals surface area contributed by atoms with E-state index in [1.165, 1.54) is 16.2 Å². The van der Waals surface area contributed by atoms with Crippen molar-refractivity contribution in [2.24, 2.45) is 5.92 Å². The quantitative estimate of drug-likeness (QED) is 0.859. The Hall–Kier alpha value is -0.990. The molecule has 0 aromatic carbocycles. The normalized spacial score (nSPS) is 18.9. The second-order valence-electron chi connectivity index (χ2n) is 4.88. The molecule has 1 unspecified atom stereocenters. The molecule has 1 aromatic heterocycles. The zero-order chi connectivity index (χ0) is 14.0. The number of nitrogens with one attached hydrogen (secondary N) is 2. The lowest BCUT2D eigenvalue weighted by Crippen LogP contribution is -2.32. The number of aromatic nitrogens is 1. The Labute approximate surface area is 116 Å². The number of carbonyl (C=O) groups excluding carboxylic acids is 1. The van der Waals surface area contributed by atoms with Crippen LogP contribution in [-0.4, -0.2) is 32.1 Å². The summed E-state index contributed by atoms with van der Waals surface area (Å²) >= 11 is 1.48. The first kappa shape index (κ1) is 14.4. The molecule has 1 heterocycles. The fraction of sp³-hybridized carbons (Fsp3) is 0.636. The molecular weight excluding hydrogens is 286 g/mol. The molecule has 2 rings (SSSR count). The standard InChI is InChI=1S/C11H17N3O3S2/c1-7-3-4-8-9(5-7)18-11(13-8)14-10(15)6-12-19(2,16)17/h7,12H,3-6H2,1-2H3,(H,13,14,15). The topological polar surface area (TPSA) is 88.2 Å². The van der Waals surface area contributed by atoms with E-state index in [4.69, 9.17) is 0 Å². The average molecular weight is 303 g/mol. The lowest BCUT2D eigenvalue weighted by molar-refractivity contribution is -0.115. The number of sulfonamides is 1. The van der Waals surface area contributed by atoms with Crippen molar-refractivity contribution >= 4 is 32.4 Å². The number of nitrogens with zero attached hydrogens (tertiary/aromatic N) is 1. The molecule has 1 amide bonds. The molecule has 2 N–H and O–H groups in total. The van der Waals surface area contributed by atoms with Crippen LogP contribution in [0.2, 0.25) is 0 Å². The first-order valence-corrected chi connectivity index (χ1v) is 8.77. The lowest BCUT2D eigenvalue weighted by atomic mass is 9.93. The van der Waals surface area contributed by atoms with Crippen LogP contribution in [0.25, 0.3) is 0 Å². The molecule has 0 saturated carbocycles. The molecule has 1 aliphatic carbocycles. The Morgan fingerprint density at radius 3 is 2.95 bits per heavy atom. The Morgan fingerprint density at radius 2 is 2.26 bits per heavy atom. The maximum atomic E-state index is 11.6. The first-order valence-electron chi connectivity index (χ1n) is 6.06. The summed E-state index contributed by atoms with van der Waals surface area (Å²) in [5, 5.41) is 3.18. The van der Waals surface area contributed by atoms with Gasteiger partial charge in [0, 0.05) is 4.88 Å². The Balaban J connectivity index is 1.95. The van der Waals surface area contributed by atoms with E-state index in [-0.39, 0.29) is 6.54 Å². The van der Waals surface area contributed by atoms with Gasteiger partial charge in [0.2, 0.25) is 15.9 Å². The van der Waals surface area contributed by atoms with E-state index in [1.54, 1.807) is 0 Å². The van der Waals surface area contributed by atoms with Gasteiger partial charge in [-0.25, -0.2) is 18.1 Å². The number of aryl methyl sites for hydroxylation is 1. The van der Waals surface area contributed by atoms with Gasteiger partial charge in [-0.2, -0.15) is 0 Å². The van der Waals surface area contributed by atoms with Gasteiger partial charge in [-0.1, -0.05) is 6.92 Å². The highest BCUT2D eigenvalue weighted by Crippen LogP contribution is 2.31. The largest absolute Gasteiger partial charge is 0.301 e. The number of amides is 1. The Kier molecular flexibility index (Phi) is 4.22. The minimum atomic E-state index is -3.35. The fourth-order valence-electron chi connectivity index (χ4n) is 1.95. The van der Waals surface area contributed by atoms with E-state index in [0.29, 0.717) is 11.0 Å². The molecule has 0 spiro atoms. The predicted molar refractivity (Wildman–Crippen MR) is 74.8 cm³/mol. The molecular formula is C11H17N3O3S2. The summed E-state index contributed by atoms with van der Waals surface area (Å²) < 4.78 is 23.9. The number of hydrogen-bond acceptors (Lipinski definition) is 5. The number of fused-ring (bicyclic) bond motifs is 1. The van der Waals surface area contributed by atoms with Gasteiger partial charge in [0.05, 0.1) is 18.5 Å². The molecule has 0 aliphatic heterocycles. The molecule has 1 aromatic rings. The van der Waals surface area contributed by atoms with Crippen LogP contribution in [0.5, 0.6) is 0 Å². The molecule has 0 fully saturated rings. The van der Waals surface area contributed by atoms with Gasteiger partial charge in [-0.05, 0) is 25.2 Å². The summed E-state index contributed by atoms with van der Waals surface area (Å²) in [5.41, 5.74) is 1.06. The van der Waals surface area contributed by atoms with Gasteiger partial charge in [-0.15, -0.1) is 11.3 Å². The van der Waals surface area contributed by atoms with Gasteiger partial charge >= 0.3 is 0 Å². The van der Waals surface area contributed by atoms with Crippen LogP contribution >= 0.6 is 11.3 Å². The maximum Gasteiger partial charge on any atom is 0.241 e. The van der Waals surface area contributed by atoms with Crippen molar-refractivity contribution in [1.29, 1.82) is 0 Å². The van der Waals surface area contributed by atoms with Crippen LogP contribution in [0.1, 0.15) is 23.9 Å². The van der Waals surface area contributed by atoms with Gasteiger partial charge in [0.1, 0.15) is 0 Å². The van der Waals surface area contributed by atoms with Crippen molar-refractivity contribution in [1.82, 2.24) is 9.71 Å². The van der Waals surface area contributed by atoms with Crippen LogP contribution in [0.4, 0.5) is 5.13 Å². The zero-order valence-electron chi connectivity index (χ0n) is 10.9. The van der Waals surface area contributed by atoms with E-state index in [1.807, 2.05) is 0 Å². The number of anilines is 1. The fourth-order valence-corrected chi connectivity index (χ4v) is 3.53. The number of thiazole rings is 1. The third-order valence-corrected chi connectivity index (χ3v) is 4.63. The summed E-state index contributed by atoms with van der Waals surface area (Å²) in [4.78, 5) is 17.2. The molecule has 1 atom stereocenters. The van der Waals surface area contributed by atoms with Crippen molar-refractivity contribution in [3.8, 4) is 0 Å². The van der Waals surface area contributed by atoms with E-state index in [2.05, 4.69) is 21.9 Å². The van der Waals surface area contributed by atoms with Crippen LogP contribution in [-0.2, 0) is 27.7 Å². The Bertz CT molecular complexity index is 580. The van der Waals surface area contributed by atoms with Gasteiger partial charge in [0.15, 0.2) is 5.13 Å². The molecule has 1 aliphatic rings. The second kappa shape index (κ2) is 5.56. The second-order valence-corrected chi connectivity index (χ2v) is 7.79. The van der Waals surface area contributed by atoms with Crippen molar-refractivity contribution < 1.29 is 13.2 Å². The molecule has 0 bridgehead atoms. The molecule has 106 valence electrons. The first-order chi connectivity index (χ1) is 8.83. The van der Waals surface area contributed by atoms with Crippen LogP contribution in [0.3, 0.4) is 0 Å². The SMILES string of the molecule is CC1CCc2nc(NC(=O)CNS(C)(=O)=O)sc2C1. The van der Waals surface area contributed by atoms with E-state index < -0.39 is 15.9 Å². The summed E-state index contributed by atoms with van der Waals surface area (Å²) in [6, 6.07) is 0. The van der Waals surface area contributed by atoms with Crippen LogP contribution in [0.15, 0.2) is 0 Å². The van der Waals surface area contributed by atoms with Gasteiger partial charge in [0.25, 0.3) is 0 Å². The molecule has 0 saturated heterocycles. The minimum Gasteiger partial charge on any atom is -0.301 e. The monoisotopic (exact) mass is 303 g/mol. The number of carbonyl (C=O) groups is 1. The Morgan fingerprint density at radius 1 is 1.53 bits per heavy atom. The maximum absolute atomic E-state index is 11.6. The van der Waals surface area contributed by atoms with Gasteiger partial charge < -0.3 is 5.32 Å². The summed E-state index contributed by atoms with van der Waals surface area (Å²) in [7, 11) is -3.35. The summed E-state index contributed by atoms with van der Waals surface area (Å²) in [6.45, 7) is 1.94. The highest BCUT2D eigenvalue weighted by molar-refractivity contribution is 7.88. The van der Waals surface area contributed by atoms with Gasteiger partial charge in [-0.3, -0.25) is 4.79 Å². The lowest BCUT2D eigenvalue weighted by Gasteiger charge is -2.15. The number of hydrogen-bond donors (Lipinski definition) is 2. The van der Waals surface area contributed by atoms with Crippen molar-refractivity contribution in [3.05, 3.63) is 10.6 Å². The highest BCUT2D eigenvalue weighted by atomic mass is 32.2. The van der Waals surface area contributed by atoms with Crippen molar-refractivity contribution in [2.45, 2.75) is 26.2 Å². The van der Waals surface area contributed by atoms with Crippen LogP contribution in [0, 0.1) is 5.92 Å². The smallest absolute Gasteiger partial charge is 0.241 e. The highest BCUT2D eigenvalue weighted by Gasteiger charge is 2.20. The van der Waals surface area contributed by atoms with Crippen molar-refractivity contribution in [2.75, 3.05) is 18.1 Å². The average Bonchev–Trinajstić information content (AvgIpc) is 2.66. The minimum absolute atomic E-state index is 0.264. The third kappa shape index (κ3) is 4.26. The molecule has 19 heavy (non-hydrogen) atoms. The molecule has 8 heteroatoms. The third-order valence-electron chi connectivity index (χ3n) is 2.93. The predicted octanol–water partition coefficient (Wildman–Crippen LogP) is 0.756. The number of rotatable bonds is 4. The van der Waals surface area contributed by atoms with Crippen molar-refractivity contribution in [3.63, 3.8) is 0 Å².